The predicted molar refractivity (Wildman–Crippen MR) is 128 cm³/mol. The van der Waals surface area contributed by atoms with Gasteiger partial charge in [0, 0.05) is 16.8 Å². The molecule has 0 aliphatic rings. The van der Waals surface area contributed by atoms with E-state index in [0.717, 1.165) is 43.7 Å². The lowest BCUT2D eigenvalue weighted by Crippen LogP contribution is -2.11. The van der Waals surface area contributed by atoms with Crippen LogP contribution in [0.4, 0.5) is 0 Å². The van der Waals surface area contributed by atoms with Crippen molar-refractivity contribution in [3.05, 3.63) is 103 Å². The van der Waals surface area contributed by atoms with Crippen LogP contribution in [0, 0.1) is 0 Å². The maximum atomic E-state index is 12.4. The maximum absolute atomic E-state index is 12.4. The molecule has 0 amide bonds. The van der Waals surface area contributed by atoms with E-state index < -0.39 is 0 Å². The second kappa shape index (κ2) is 7.43. The molecule has 32 heavy (non-hydrogen) atoms. The van der Waals surface area contributed by atoms with Crippen LogP contribution in [0.15, 0.2) is 97.1 Å². The molecule has 1 aromatic heterocycles. The highest BCUT2D eigenvalue weighted by Crippen LogP contribution is 2.34. The zero-order chi connectivity index (χ0) is 21.5. The Hall–Kier alpha value is -4.31. The van der Waals surface area contributed by atoms with E-state index >= 15 is 0 Å². The Labute approximate surface area is 184 Å². The molecule has 0 radical (unpaired) electrons. The molecule has 0 unspecified atom stereocenters. The van der Waals surface area contributed by atoms with Crippen molar-refractivity contribution < 1.29 is 9.53 Å². The first kappa shape index (κ1) is 18.5. The molecular formula is C28H18N2O2. The Morgan fingerprint density at radius 1 is 0.625 bits per heavy atom. The summed E-state index contributed by atoms with van der Waals surface area (Å²) in [5.41, 5.74) is 4.10. The fourth-order valence-corrected chi connectivity index (χ4v) is 4.25. The zero-order valence-electron chi connectivity index (χ0n) is 17.2. The molecule has 5 aromatic carbocycles. The van der Waals surface area contributed by atoms with Crippen LogP contribution >= 0.6 is 0 Å². The summed E-state index contributed by atoms with van der Waals surface area (Å²) in [5.74, 6) is 0.165. The topological polar surface area (TPSA) is 52.1 Å². The summed E-state index contributed by atoms with van der Waals surface area (Å²) in [6.45, 7) is 0. The van der Waals surface area contributed by atoms with E-state index in [1.54, 1.807) is 12.1 Å². The van der Waals surface area contributed by atoms with Crippen LogP contribution < -0.4 is 4.74 Å². The average molecular weight is 414 g/mol. The Morgan fingerprint density at radius 2 is 1.19 bits per heavy atom. The molecule has 4 nitrogen and oxygen atoms in total. The van der Waals surface area contributed by atoms with Gasteiger partial charge >= 0.3 is 5.97 Å². The first-order valence-electron chi connectivity index (χ1n) is 10.5. The van der Waals surface area contributed by atoms with Crippen molar-refractivity contribution in [3.8, 4) is 5.75 Å². The minimum absolute atomic E-state index is 0.221. The monoisotopic (exact) mass is 414 g/mol. The molecule has 0 fully saturated rings. The second-order valence-corrected chi connectivity index (χ2v) is 7.80. The van der Waals surface area contributed by atoms with Gasteiger partial charge in [-0.3, -0.25) is 4.79 Å². The van der Waals surface area contributed by atoms with Gasteiger partial charge in [0.2, 0.25) is 0 Å². The summed E-state index contributed by atoms with van der Waals surface area (Å²) in [6, 6.07) is 31.5. The van der Waals surface area contributed by atoms with Gasteiger partial charge in [-0.25, -0.2) is 9.97 Å². The quantitative estimate of drug-likeness (QED) is 0.149. The summed E-state index contributed by atoms with van der Waals surface area (Å²) >= 11 is 0. The van der Waals surface area contributed by atoms with Crippen LogP contribution in [0.1, 0.15) is 5.56 Å². The third-order valence-electron chi connectivity index (χ3n) is 5.71. The summed E-state index contributed by atoms with van der Waals surface area (Å²) in [4.78, 5) is 22.3. The van der Waals surface area contributed by atoms with Crippen molar-refractivity contribution in [1.82, 2.24) is 9.97 Å². The molecule has 0 atom stereocenters. The Balaban J connectivity index is 1.47. The minimum Gasteiger partial charge on any atom is -0.426 e. The Bertz CT molecular complexity index is 1640. The highest BCUT2D eigenvalue weighted by molar-refractivity contribution is 6.23. The molecule has 4 heteroatoms. The summed E-state index contributed by atoms with van der Waals surface area (Å²) in [5, 5.41) is 4.45. The van der Waals surface area contributed by atoms with Crippen molar-refractivity contribution in [3.63, 3.8) is 0 Å². The Morgan fingerprint density at radius 3 is 1.84 bits per heavy atom. The van der Waals surface area contributed by atoms with Gasteiger partial charge in [-0.2, -0.15) is 0 Å². The van der Waals surface area contributed by atoms with Crippen molar-refractivity contribution in [2.75, 3.05) is 0 Å². The van der Waals surface area contributed by atoms with Gasteiger partial charge in [-0.05, 0) is 28.5 Å². The van der Waals surface area contributed by atoms with Crippen LogP contribution in [-0.4, -0.2) is 15.9 Å². The van der Waals surface area contributed by atoms with Gasteiger partial charge < -0.3 is 4.74 Å². The molecule has 1 heterocycles. The van der Waals surface area contributed by atoms with E-state index in [9.17, 15) is 4.79 Å². The lowest BCUT2D eigenvalue weighted by atomic mass is 9.99. The Kier molecular flexibility index (Phi) is 4.29. The van der Waals surface area contributed by atoms with Crippen LogP contribution in [0.2, 0.25) is 0 Å². The number of carbonyl (C=O) groups excluding carboxylic acids is 1. The molecule has 0 N–H and O–H groups in total. The van der Waals surface area contributed by atoms with Crippen LogP contribution in [0.5, 0.6) is 5.75 Å². The molecule has 0 spiro atoms. The number of carbonyl (C=O) groups is 1. The number of benzene rings is 5. The van der Waals surface area contributed by atoms with Crippen LogP contribution in [0.25, 0.3) is 43.6 Å². The SMILES string of the molecule is O=C(Cc1ccccc1)Oc1ccc2nc3c4ccccc4c4ccccc4c3nc2c1. The molecule has 0 aliphatic carbocycles. The summed E-state index contributed by atoms with van der Waals surface area (Å²) in [7, 11) is 0. The van der Waals surface area contributed by atoms with E-state index in [1.807, 2.05) is 60.7 Å². The van der Waals surface area contributed by atoms with E-state index in [-0.39, 0.29) is 12.4 Å². The third kappa shape index (κ3) is 3.13. The van der Waals surface area contributed by atoms with Crippen LogP contribution in [-0.2, 0) is 11.2 Å². The van der Waals surface area contributed by atoms with Gasteiger partial charge in [-0.1, -0.05) is 78.9 Å². The molecule has 0 saturated heterocycles. The van der Waals surface area contributed by atoms with E-state index in [1.165, 1.54) is 0 Å². The number of esters is 1. The van der Waals surface area contributed by atoms with E-state index in [4.69, 9.17) is 14.7 Å². The maximum Gasteiger partial charge on any atom is 0.315 e. The smallest absolute Gasteiger partial charge is 0.315 e. The number of nitrogens with zero attached hydrogens (tertiary/aromatic N) is 2. The fraction of sp³-hybridized carbons (Fsp3) is 0.0357. The first-order valence-corrected chi connectivity index (χ1v) is 10.5. The summed E-state index contributed by atoms with van der Waals surface area (Å²) in [6.07, 6.45) is 0.221. The third-order valence-corrected chi connectivity index (χ3v) is 5.71. The van der Waals surface area contributed by atoms with Crippen molar-refractivity contribution in [2.24, 2.45) is 0 Å². The number of rotatable bonds is 3. The minimum atomic E-state index is -0.305. The largest absolute Gasteiger partial charge is 0.426 e. The van der Waals surface area contributed by atoms with Crippen molar-refractivity contribution in [1.29, 1.82) is 0 Å². The standard InChI is InChI=1S/C28H18N2O2/c31-26(16-18-8-2-1-3-9-18)32-19-14-15-24-25(17-19)30-28-23-13-7-5-11-21(23)20-10-4-6-12-22(20)27(28)29-24/h1-15,17H,16H2. The van der Waals surface area contributed by atoms with E-state index in [0.29, 0.717) is 11.3 Å². The van der Waals surface area contributed by atoms with Crippen LogP contribution in [0.3, 0.4) is 0 Å². The lowest BCUT2D eigenvalue weighted by molar-refractivity contribution is -0.133. The van der Waals surface area contributed by atoms with Gasteiger partial charge in [0.05, 0.1) is 28.5 Å². The van der Waals surface area contributed by atoms with Gasteiger partial charge in [0.15, 0.2) is 0 Å². The first-order chi connectivity index (χ1) is 15.8. The highest BCUT2D eigenvalue weighted by Gasteiger charge is 2.13. The highest BCUT2D eigenvalue weighted by atomic mass is 16.5. The number of aromatic nitrogens is 2. The van der Waals surface area contributed by atoms with E-state index in [2.05, 4.69) is 24.3 Å². The van der Waals surface area contributed by atoms with Gasteiger partial charge in [0.1, 0.15) is 5.75 Å². The van der Waals surface area contributed by atoms with Crippen molar-refractivity contribution in [2.45, 2.75) is 6.42 Å². The van der Waals surface area contributed by atoms with Gasteiger partial charge in [0.25, 0.3) is 0 Å². The predicted octanol–water partition coefficient (Wildman–Crippen LogP) is 6.24. The number of hydrogen-bond acceptors (Lipinski definition) is 4. The number of hydrogen-bond donors (Lipinski definition) is 0. The normalized spacial score (nSPS) is 11.4. The fourth-order valence-electron chi connectivity index (χ4n) is 4.25. The zero-order valence-corrected chi connectivity index (χ0v) is 17.2. The molecular weight excluding hydrogens is 396 g/mol. The van der Waals surface area contributed by atoms with Crippen molar-refractivity contribution >= 4 is 49.6 Å². The molecule has 6 aromatic rings. The van der Waals surface area contributed by atoms with Gasteiger partial charge in [-0.15, -0.1) is 0 Å². The molecule has 0 aliphatic heterocycles. The number of fused-ring (bicyclic) bond motifs is 7. The molecule has 0 saturated carbocycles. The molecule has 0 bridgehead atoms. The molecule has 152 valence electrons. The molecule has 6 rings (SSSR count). The summed E-state index contributed by atoms with van der Waals surface area (Å²) < 4.78 is 5.59. The number of ether oxygens (including phenoxy) is 1. The lowest BCUT2D eigenvalue weighted by Gasteiger charge is -2.10. The average Bonchev–Trinajstić information content (AvgIpc) is 2.84. The second-order valence-electron chi connectivity index (χ2n) is 7.80.